The van der Waals surface area contributed by atoms with E-state index >= 15 is 0 Å². The third-order valence-electron chi connectivity index (χ3n) is 6.82. The van der Waals surface area contributed by atoms with Gasteiger partial charge in [-0.2, -0.15) is 0 Å². The highest BCUT2D eigenvalue weighted by atomic mass is 16.5. The molecule has 1 N–H and O–H groups in total. The van der Waals surface area contributed by atoms with Crippen LogP contribution in [0.1, 0.15) is 57.2 Å². The SMILES string of the molecule is CCOC(=O)C(C)(C)C(CC)CCNC(c1ccccc1)(c1ccccc1)c1ccccc1. The lowest BCUT2D eigenvalue weighted by Crippen LogP contribution is -2.46. The Balaban J connectivity index is 1.98. The Morgan fingerprint density at radius 2 is 1.21 bits per heavy atom. The Bertz CT molecular complexity index is 887. The quantitative estimate of drug-likeness (QED) is 0.269. The molecule has 0 radical (unpaired) electrons. The van der Waals surface area contributed by atoms with Gasteiger partial charge in [0, 0.05) is 0 Å². The van der Waals surface area contributed by atoms with Gasteiger partial charge in [0.05, 0.1) is 17.6 Å². The summed E-state index contributed by atoms with van der Waals surface area (Å²) in [4.78, 5) is 12.6. The van der Waals surface area contributed by atoms with Crippen molar-refractivity contribution in [3.8, 4) is 0 Å². The van der Waals surface area contributed by atoms with Crippen LogP contribution in [0.4, 0.5) is 0 Å². The molecule has 0 aliphatic heterocycles. The number of carbonyl (C=O) groups excluding carboxylic acids is 1. The van der Waals surface area contributed by atoms with Gasteiger partial charge in [0.15, 0.2) is 0 Å². The minimum atomic E-state index is -0.526. The van der Waals surface area contributed by atoms with Gasteiger partial charge in [-0.15, -0.1) is 0 Å². The van der Waals surface area contributed by atoms with E-state index in [2.05, 4.69) is 103 Å². The maximum Gasteiger partial charge on any atom is 0.311 e. The Morgan fingerprint density at radius 3 is 1.58 bits per heavy atom. The van der Waals surface area contributed by atoms with E-state index in [4.69, 9.17) is 4.74 Å². The first-order valence-corrected chi connectivity index (χ1v) is 12.1. The average Bonchev–Trinajstić information content (AvgIpc) is 2.86. The van der Waals surface area contributed by atoms with E-state index in [0.29, 0.717) is 6.61 Å². The predicted molar refractivity (Wildman–Crippen MR) is 136 cm³/mol. The number of benzene rings is 3. The number of esters is 1. The molecule has 0 aliphatic rings. The average molecular weight is 444 g/mol. The molecule has 3 aromatic carbocycles. The van der Waals surface area contributed by atoms with Crippen LogP contribution in [-0.2, 0) is 15.1 Å². The lowest BCUT2D eigenvalue weighted by atomic mass is 9.74. The minimum Gasteiger partial charge on any atom is -0.466 e. The van der Waals surface area contributed by atoms with Gasteiger partial charge in [-0.05, 0) is 56.3 Å². The largest absolute Gasteiger partial charge is 0.466 e. The second-order valence-corrected chi connectivity index (χ2v) is 9.11. The lowest BCUT2D eigenvalue weighted by Gasteiger charge is -2.38. The monoisotopic (exact) mass is 443 g/mol. The third-order valence-corrected chi connectivity index (χ3v) is 6.82. The first-order valence-electron chi connectivity index (χ1n) is 12.1. The molecule has 0 bridgehead atoms. The summed E-state index contributed by atoms with van der Waals surface area (Å²) >= 11 is 0. The number of rotatable bonds is 11. The fourth-order valence-electron chi connectivity index (χ4n) is 4.86. The van der Waals surface area contributed by atoms with Gasteiger partial charge >= 0.3 is 5.97 Å². The summed E-state index contributed by atoms with van der Waals surface area (Å²) in [5.74, 6) is 0.0985. The molecule has 3 heteroatoms. The van der Waals surface area contributed by atoms with E-state index in [1.54, 1.807) is 0 Å². The van der Waals surface area contributed by atoms with Crippen molar-refractivity contribution >= 4 is 5.97 Å². The normalized spacial score (nSPS) is 12.8. The molecule has 0 aromatic heterocycles. The van der Waals surface area contributed by atoms with E-state index in [1.807, 2.05) is 20.8 Å². The van der Waals surface area contributed by atoms with Gasteiger partial charge in [0.25, 0.3) is 0 Å². The highest BCUT2D eigenvalue weighted by Crippen LogP contribution is 2.38. The van der Waals surface area contributed by atoms with Gasteiger partial charge in [0.2, 0.25) is 0 Å². The molecular formula is C30H37NO2. The molecule has 0 saturated heterocycles. The van der Waals surface area contributed by atoms with Gasteiger partial charge < -0.3 is 4.74 Å². The number of nitrogens with one attached hydrogen (secondary N) is 1. The number of ether oxygens (including phenoxy) is 1. The van der Waals surface area contributed by atoms with Crippen molar-refractivity contribution in [1.29, 1.82) is 0 Å². The predicted octanol–water partition coefficient (Wildman–Crippen LogP) is 6.57. The summed E-state index contributed by atoms with van der Waals surface area (Å²) in [6, 6.07) is 31.9. The summed E-state index contributed by atoms with van der Waals surface area (Å²) in [5.41, 5.74) is 2.57. The van der Waals surface area contributed by atoms with E-state index in [-0.39, 0.29) is 11.9 Å². The van der Waals surface area contributed by atoms with Gasteiger partial charge in [-0.25, -0.2) is 0 Å². The molecule has 174 valence electrons. The van der Waals surface area contributed by atoms with Crippen LogP contribution >= 0.6 is 0 Å². The highest BCUT2D eigenvalue weighted by molar-refractivity contribution is 5.76. The topological polar surface area (TPSA) is 38.3 Å². The van der Waals surface area contributed by atoms with E-state index in [9.17, 15) is 4.79 Å². The van der Waals surface area contributed by atoms with Crippen molar-refractivity contribution in [1.82, 2.24) is 5.32 Å². The van der Waals surface area contributed by atoms with Crippen molar-refractivity contribution in [2.45, 2.75) is 46.1 Å². The Morgan fingerprint density at radius 1 is 0.788 bits per heavy atom. The maximum absolute atomic E-state index is 12.6. The van der Waals surface area contributed by atoms with E-state index in [0.717, 1.165) is 19.4 Å². The summed E-state index contributed by atoms with van der Waals surface area (Å²) in [5, 5.41) is 3.94. The Labute approximate surface area is 199 Å². The minimum absolute atomic E-state index is 0.114. The van der Waals surface area contributed by atoms with Crippen LogP contribution in [-0.4, -0.2) is 19.1 Å². The molecule has 33 heavy (non-hydrogen) atoms. The Kier molecular flexibility index (Phi) is 8.46. The fourth-order valence-corrected chi connectivity index (χ4v) is 4.86. The molecule has 0 aliphatic carbocycles. The van der Waals surface area contributed by atoms with Crippen LogP contribution in [0, 0.1) is 11.3 Å². The van der Waals surface area contributed by atoms with Gasteiger partial charge in [0.1, 0.15) is 0 Å². The summed E-state index contributed by atoms with van der Waals surface area (Å²) in [7, 11) is 0. The number of hydrogen-bond donors (Lipinski definition) is 1. The zero-order valence-corrected chi connectivity index (χ0v) is 20.4. The summed E-state index contributed by atoms with van der Waals surface area (Å²) < 4.78 is 5.39. The second kappa shape index (κ2) is 11.3. The highest BCUT2D eigenvalue weighted by Gasteiger charge is 2.39. The van der Waals surface area contributed by atoms with Crippen molar-refractivity contribution < 1.29 is 9.53 Å². The molecule has 0 saturated carbocycles. The first-order chi connectivity index (χ1) is 16.0. The van der Waals surface area contributed by atoms with Gasteiger partial charge in [-0.3, -0.25) is 10.1 Å². The molecule has 3 aromatic rings. The standard InChI is InChI=1S/C30H37NO2/c1-5-24(29(3,4)28(32)33-6-2)22-23-31-30(25-16-10-7-11-17-25,26-18-12-8-13-19-26)27-20-14-9-15-21-27/h7-21,24,31H,5-6,22-23H2,1-4H3. The van der Waals surface area contributed by atoms with Crippen LogP contribution in [0.15, 0.2) is 91.0 Å². The van der Waals surface area contributed by atoms with Crippen molar-refractivity contribution in [3.63, 3.8) is 0 Å². The molecule has 1 unspecified atom stereocenters. The van der Waals surface area contributed by atoms with Crippen molar-refractivity contribution in [3.05, 3.63) is 108 Å². The Hall–Kier alpha value is -2.91. The summed E-state index contributed by atoms with van der Waals surface area (Å²) in [6.07, 6.45) is 1.79. The molecular weight excluding hydrogens is 406 g/mol. The van der Waals surface area contributed by atoms with E-state index < -0.39 is 11.0 Å². The fraction of sp³-hybridized carbons (Fsp3) is 0.367. The molecule has 3 rings (SSSR count). The zero-order valence-electron chi connectivity index (χ0n) is 20.4. The van der Waals surface area contributed by atoms with Crippen LogP contribution in [0.25, 0.3) is 0 Å². The van der Waals surface area contributed by atoms with Crippen LogP contribution in [0.5, 0.6) is 0 Å². The van der Waals surface area contributed by atoms with Crippen LogP contribution in [0.3, 0.4) is 0 Å². The smallest absolute Gasteiger partial charge is 0.311 e. The number of carbonyl (C=O) groups is 1. The summed E-state index contributed by atoms with van der Waals surface area (Å²) in [6.45, 7) is 9.22. The van der Waals surface area contributed by atoms with E-state index in [1.165, 1.54) is 16.7 Å². The van der Waals surface area contributed by atoms with Crippen LogP contribution < -0.4 is 5.32 Å². The zero-order chi connectivity index (χ0) is 23.7. The van der Waals surface area contributed by atoms with Crippen molar-refractivity contribution in [2.75, 3.05) is 13.2 Å². The molecule has 0 spiro atoms. The molecule has 0 heterocycles. The number of hydrogen-bond acceptors (Lipinski definition) is 3. The second-order valence-electron chi connectivity index (χ2n) is 9.11. The maximum atomic E-state index is 12.6. The third kappa shape index (κ3) is 5.36. The lowest BCUT2D eigenvalue weighted by molar-refractivity contribution is -0.157. The van der Waals surface area contributed by atoms with Gasteiger partial charge in [-0.1, -0.05) is 104 Å². The van der Waals surface area contributed by atoms with Crippen molar-refractivity contribution in [2.24, 2.45) is 11.3 Å². The molecule has 1 atom stereocenters. The first kappa shape index (κ1) is 24.7. The molecule has 3 nitrogen and oxygen atoms in total. The molecule has 0 fully saturated rings. The molecule has 0 amide bonds. The van der Waals surface area contributed by atoms with Crippen LogP contribution in [0.2, 0.25) is 0 Å².